The van der Waals surface area contributed by atoms with Gasteiger partial charge in [-0.1, -0.05) is 20.8 Å². The molecule has 2 amide bonds. The van der Waals surface area contributed by atoms with Gasteiger partial charge in [-0.05, 0) is 12.3 Å². The lowest BCUT2D eigenvalue weighted by Gasteiger charge is -2.25. The zero-order valence-electron chi connectivity index (χ0n) is 11.8. The number of rotatable bonds is 7. The van der Waals surface area contributed by atoms with Crippen LogP contribution in [-0.4, -0.2) is 54.2 Å². The van der Waals surface area contributed by atoms with Crippen molar-refractivity contribution >= 4 is 18.0 Å². The van der Waals surface area contributed by atoms with Gasteiger partial charge in [0.1, 0.15) is 12.6 Å². The quantitative estimate of drug-likeness (QED) is 0.666. The topological polar surface area (TPSA) is 95.9 Å². The highest BCUT2D eigenvalue weighted by molar-refractivity contribution is 5.85. The van der Waals surface area contributed by atoms with Crippen LogP contribution in [0.3, 0.4) is 0 Å². The molecule has 0 saturated heterocycles. The maximum atomic E-state index is 11.9. The monoisotopic (exact) mass is 274 g/mol. The number of nitrogens with zero attached hydrogens (tertiary/aromatic N) is 1. The van der Waals surface area contributed by atoms with Crippen molar-refractivity contribution in [3.63, 3.8) is 0 Å². The summed E-state index contributed by atoms with van der Waals surface area (Å²) >= 11 is 0. The highest BCUT2D eigenvalue weighted by Crippen LogP contribution is 2.03. The second-order valence-electron chi connectivity index (χ2n) is 4.51. The van der Waals surface area contributed by atoms with Crippen LogP contribution in [0.5, 0.6) is 0 Å². The van der Waals surface area contributed by atoms with Gasteiger partial charge in [0.05, 0.1) is 7.11 Å². The molecule has 0 fully saturated rings. The molecule has 0 saturated carbocycles. The van der Waals surface area contributed by atoms with E-state index in [0.29, 0.717) is 13.0 Å². The average Bonchev–Trinajstić information content (AvgIpc) is 2.33. The molecule has 110 valence electrons. The average molecular weight is 274 g/mol. The van der Waals surface area contributed by atoms with Crippen LogP contribution in [-0.2, 0) is 14.3 Å². The fraction of sp³-hybridized carbons (Fsp3) is 0.750. The Morgan fingerprint density at radius 3 is 2.26 bits per heavy atom. The van der Waals surface area contributed by atoms with E-state index < -0.39 is 24.0 Å². The van der Waals surface area contributed by atoms with E-state index in [0.717, 1.165) is 0 Å². The molecule has 7 nitrogen and oxygen atoms in total. The molecule has 0 aliphatic carbocycles. The Balaban J connectivity index is 4.70. The first-order valence-corrected chi connectivity index (χ1v) is 6.18. The highest BCUT2D eigenvalue weighted by Gasteiger charge is 2.26. The van der Waals surface area contributed by atoms with Crippen molar-refractivity contribution in [2.24, 2.45) is 5.92 Å². The van der Waals surface area contributed by atoms with Crippen LogP contribution in [0.4, 0.5) is 4.79 Å². The Hall–Kier alpha value is -1.79. The molecule has 0 aromatic carbocycles. The van der Waals surface area contributed by atoms with Crippen molar-refractivity contribution in [1.82, 2.24) is 10.2 Å². The SMILES string of the molecule is CCCN(CC(=O)OC)C(=O)NC(C(=O)O)C(C)C. The number of carbonyl (C=O) groups excluding carboxylic acids is 2. The third-order valence-electron chi connectivity index (χ3n) is 2.54. The summed E-state index contributed by atoms with van der Waals surface area (Å²) in [5.74, 6) is -1.89. The number of urea groups is 1. The minimum Gasteiger partial charge on any atom is -0.480 e. The van der Waals surface area contributed by atoms with Crippen molar-refractivity contribution in [3.05, 3.63) is 0 Å². The molecular weight excluding hydrogens is 252 g/mol. The lowest BCUT2D eigenvalue weighted by atomic mass is 10.1. The molecule has 0 aromatic heterocycles. The van der Waals surface area contributed by atoms with Gasteiger partial charge in [-0.3, -0.25) is 4.79 Å². The normalized spacial score (nSPS) is 11.8. The van der Waals surface area contributed by atoms with E-state index in [1.807, 2.05) is 6.92 Å². The van der Waals surface area contributed by atoms with Crippen LogP contribution in [0.15, 0.2) is 0 Å². The van der Waals surface area contributed by atoms with Crippen molar-refractivity contribution in [1.29, 1.82) is 0 Å². The van der Waals surface area contributed by atoms with Gasteiger partial charge in [-0.2, -0.15) is 0 Å². The molecule has 0 aromatic rings. The molecule has 0 heterocycles. The molecule has 1 atom stereocenters. The fourth-order valence-electron chi connectivity index (χ4n) is 1.48. The lowest BCUT2D eigenvalue weighted by molar-refractivity contribution is -0.141. The Morgan fingerprint density at radius 1 is 1.32 bits per heavy atom. The number of methoxy groups -OCH3 is 1. The molecule has 0 spiro atoms. The minimum atomic E-state index is -1.10. The predicted octanol–water partition coefficient (Wildman–Crippen LogP) is 0.690. The number of hydrogen-bond donors (Lipinski definition) is 2. The summed E-state index contributed by atoms with van der Waals surface area (Å²) in [7, 11) is 1.23. The predicted molar refractivity (Wildman–Crippen MR) is 68.7 cm³/mol. The minimum absolute atomic E-state index is 0.194. The first-order chi connectivity index (χ1) is 8.83. The van der Waals surface area contributed by atoms with Crippen LogP contribution in [0.1, 0.15) is 27.2 Å². The molecule has 0 aliphatic heterocycles. The Labute approximate surface area is 112 Å². The zero-order chi connectivity index (χ0) is 15.0. The number of hydrogen-bond acceptors (Lipinski definition) is 4. The van der Waals surface area contributed by atoms with Gasteiger partial charge in [0.2, 0.25) is 0 Å². The van der Waals surface area contributed by atoms with Gasteiger partial charge < -0.3 is 20.1 Å². The molecule has 7 heteroatoms. The maximum Gasteiger partial charge on any atom is 0.326 e. The van der Waals surface area contributed by atoms with Gasteiger partial charge in [-0.15, -0.1) is 0 Å². The van der Waals surface area contributed by atoms with Gasteiger partial charge in [0.25, 0.3) is 0 Å². The van der Waals surface area contributed by atoms with Crippen LogP contribution >= 0.6 is 0 Å². The van der Waals surface area contributed by atoms with E-state index in [9.17, 15) is 14.4 Å². The molecule has 0 aliphatic rings. The Morgan fingerprint density at radius 2 is 1.89 bits per heavy atom. The van der Waals surface area contributed by atoms with E-state index in [4.69, 9.17) is 5.11 Å². The summed E-state index contributed by atoms with van der Waals surface area (Å²) < 4.78 is 4.50. The number of esters is 1. The standard InChI is InChI=1S/C12H22N2O5/c1-5-6-14(7-9(15)19-4)12(18)13-10(8(2)3)11(16)17/h8,10H,5-7H2,1-4H3,(H,13,18)(H,16,17). The summed E-state index contributed by atoms with van der Waals surface area (Å²) in [4.78, 5) is 35.4. The van der Waals surface area contributed by atoms with Crippen molar-refractivity contribution in [2.75, 3.05) is 20.2 Å². The smallest absolute Gasteiger partial charge is 0.326 e. The van der Waals surface area contributed by atoms with Crippen LogP contribution in [0, 0.1) is 5.92 Å². The molecule has 1 unspecified atom stereocenters. The van der Waals surface area contributed by atoms with Crippen LogP contribution in [0.2, 0.25) is 0 Å². The summed E-state index contributed by atoms with van der Waals surface area (Å²) in [6.07, 6.45) is 0.657. The molecule has 19 heavy (non-hydrogen) atoms. The number of ether oxygens (including phenoxy) is 1. The van der Waals surface area contributed by atoms with Crippen LogP contribution in [0.25, 0.3) is 0 Å². The molecule has 0 rings (SSSR count). The number of carboxylic acids is 1. The first kappa shape index (κ1) is 17.2. The van der Waals surface area contributed by atoms with E-state index in [1.54, 1.807) is 13.8 Å². The lowest BCUT2D eigenvalue weighted by Crippen LogP contribution is -2.51. The summed E-state index contributed by atoms with van der Waals surface area (Å²) in [6, 6.07) is -1.56. The van der Waals surface area contributed by atoms with Gasteiger partial charge >= 0.3 is 18.0 Å². The third kappa shape index (κ3) is 6.08. The molecule has 0 radical (unpaired) electrons. The van der Waals surface area contributed by atoms with Crippen LogP contribution < -0.4 is 5.32 Å². The Kier molecular flexibility index (Phi) is 7.55. The van der Waals surface area contributed by atoms with Crippen molar-refractivity contribution < 1.29 is 24.2 Å². The molecular formula is C12H22N2O5. The Bertz CT molecular complexity index is 330. The summed E-state index contributed by atoms with van der Waals surface area (Å²) in [6.45, 7) is 5.41. The summed E-state index contributed by atoms with van der Waals surface area (Å²) in [5, 5.41) is 11.4. The van der Waals surface area contributed by atoms with Crippen molar-refractivity contribution in [2.45, 2.75) is 33.2 Å². The maximum absolute atomic E-state index is 11.9. The fourth-order valence-corrected chi connectivity index (χ4v) is 1.48. The van der Waals surface area contributed by atoms with E-state index in [1.165, 1.54) is 12.0 Å². The molecule has 0 bridgehead atoms. The van der Waals surface area contributed by atoms with E-state index >= 15 is 0 Å². The second-order valence-corrected chi connectivity index (χ2v) is 4.51. The number of nitrogens with one attached hydrogen (secondary N) is 1. The van der Waals surface area contributed by atoms with Gasteiger partial charge in [0, 0.05) is 6.54 Å². The highest BCUT2D eigenvalue weighted by atomic mass is 16.5. The molecule has 2 N–H and O–H groups in total. The van der Waals surface area contributed by atoms with Crippen molar-refractivity contribution in [3.8, 4) is 0 Å². The first-order valence-electron chi connectivity index (χ1n) is 6.18. The van der Waals surface area contributed by atoms with E-state index in [2.05, 4.69) is 10.1 Å². The zero-order valence-corrected chi connectivity index (χ0v) is 11.8. The largest absolute Gasteiger partial charge is 0.480 e. The number of carbonyl (C=O) groups is 3. The summed E-state index contributed by atoms with van der Waals surface area (Å²) in [5.41, 5.74) is 0. The number of amides is 2. The van der Waals surface area contributed by atoms with Gasteiger partial charge in [-0.25, -0.2) is 9.59 Å². The second kappa shape index (κ2) is 8.34. The third-order valence-corrected chi connectivity index (χ3v) is 2.54. The van der Waals surface area contributed by atoms with E-state index in [-0.39, 0.29) is 12.5 Å². The number of carboxylic acid groups (broad SMARTS) is 1. The number of aliphatic carboxylic acids is 1. The van der Waals surface area contributed by atoms with Gasteiger partial charge in [0.15, 0.2) is 0 Å².